The molecule has 0 amide bonds. The van der Waals surface area contributed by atoms with Crippen LogP contribution in [-0.2, 0) is 4.74 Å². The normalized spacial score (nSPS) is 51.9. The average Bonchev–Trinajstić information content (AvgIpc) is 2.49. The summed E-state index contributed by atoms with van der Waals surface area (Å²) in [4.78, 5) is 0. The molecule has 0 spiro atoms. The van der Waals surface area contributed by atoms with Crippen LogP contribution in [0.3, 0.4) is 0 Å². The third-order valence-corrected chi connectivity index (χ3v) is 4.78. The second-order valence-electron chi connectivity index (χ2n) is 5.36. The van der Waals surface area contributed by atoms with E-state index in [1.807, 2.05) is 0 Å². The Labute approximate surface area is 84.8 Å². The van der Waals surface area contributed by atoms with Gasteiger partial charge < -0.3 is 4.74 Å². The van der Waals surface area contributed by atoms with Crippen LogP contribution in [-0.4, -0.2) is 12.7 Å². The molecular formula is C11H17ClO. The molecule has 1 nitrogen and oxygen atoms in total. The first-order valence-corrected chi connectivity index (χ1v) is 5.99. The Morgan fingerprint density at radius 1 is 1.15 bits per heavy atom. The average molecular weight is 201 g/mol. The minimum absolute atomic E-state index is 0.379. The molecule has 2 unspecified atom stereocenters. The molecular weight excluding hydrogens is 184 g/mol. The Hall–Kier alpha value is 0.250. The van der Waals surface area contributed by atoms with Gasteiger partial charge in [0.1, 0.15) is 6.07 Å². The zero-order valence-electron chi connectivity index (χ0n) is 7.97. The van der Waals surface area contributed by atoms with Crippen molar-refractivity contribution in [3.63, 3.8) is 0 Å². The Morgan fingerprint density at radius 2 is 1.85 bits per heavy atom. The van der Waals surface area contributed by atoms with Crippen molar-refractivity contribution in [3.05, 3.63) is 0 Å². The molecule has 0 heterocycles. The molecule has 0 aliphatic heterocycles. The molecule has 4 aliphatic rings. The second kappa shape index (κ2) is 2.87. The first kappa shape index (κ1) is 8.55. The van der Waals surface area contributed by atoms with E-state index in [9.17, 15) is 0 Å². The maximum absolute atomic E-state index is 5.59. The van der Waals surface area contributed by atoms with Crippen molar-refractivity contribution in [1.29, 1.82) is 0 Å². The minimum Gasteiger partial charge on any atom is -0.365 e. The fraction of sp³-hybridized carbons (Fsp3) is 1.00. The number of ether oxygens (including phenoxy) is 1. The molecule has 4 aliphatic carbocycles. The van der Waals surface area contributed by atoms with E-state index in [2.05, 4.69) is 0 Å². The fourth-order valence-corrected chi connectivity index (χ4v) is 4.52. The van der Waals surface area contributed by atoms with Gasteiger partial charge in [-0.05, 0) is 55.3 Å². The molecule has 4 rings (SSSR count). The molecule has 2 atom stereocenters. The van der Waals surface area contributed by atoms with Gasteiger partial charge >= 0.3 is 0 Å². The first-order valence-electron chi connectivity index (χ1n) is 5.46. The monoisotopic (exact) mass is 200 g/mol. The number of alkyl halides is 1. The van der Waals surface area contributed by atoms with Crippen molar-refractivity contribution in [3.8, 4) is 0 Å². The summed E-state index contributed by atoms with van der Waals surface area (Å²) in [5, 5.41) is 0. The van der Waals surface area contributed by atoms with Gasteiger partial charge in [-0.15, -0.1) is 0 Å². The highest BCUT2D eigenvalue weighted by Crippen LogP contribution is 2.65. The van der Waals surface area contributed by atoms with Crippen LogP contribution in [0.15, 0.2) is 0 Å². The van der Waals surface area contributed by atoms with E-state index in [-0.39, 0.29) is 0 Å². The first-order chi connectivity index (χ1) is 6.32. The summed E-state index contributed by atoms with van der Waals surface area (Å²) in [5.74, 6) is 3.06. The lowest BCUT2D eigenvalue weighted by Gasteiger charge is -2.32. The highest BCUT2D eigenvalue weighted by atomic mass is 35.5. The summed E-state index contributed by atoms with van der Waals surface area (Å²) in [6, 6.07) is 0.379. The van der Waals surface area contributed by atoms with Gasteiger partial charge in [0, 0.05) is 0 Å². The summed E-state index contributed by atoms with van der Waals surface area (Å²) in [7, 11) is 0. The summed E-state index contributed by atoms with van der Waals surface area (Å²) in [6.07, 6.45) is 7.36. The largest absolute Gasteiger partial charge is 0.365 e. The lowest BCUT2D eigenvalue weighted by molar-refractivity contribution is 0.0452. The van der Waals surface area contributed by atoms with Gasteiger partial charge in [-0.25, -0.2) is 0 Å². The van der Waals surface area contributed by atoms with Gasteiger partial charge in [0.15, 0.2) is 0 Å². The second-order valence-corrected chi connectivity index (χ2v) is 5.58. The summed E-state index contributed by atoms with van der Waals surface area (Å²) < 4.78 is 5.46. The van der Waals surface area contributed by atoms with E-state index >= 15 is 0 Å². The van der Waals surface area contributed by atoms with Crippen molar-refractivity contribution in [1.82, 2.24) is 0 Å². The highest BCUT2D eigenvalue weighted by molar-refractivity contribution is 6.17. The highest BCUT2D eigenvalue weighted by Gasteiger charge is 2.57. The van der Waals surface area contributed by atoms with Crippen LogP contribution in [0.25, 0.3) is 0 Å². The van der Waals surface area contributed by atoms with Crippen molar-refractivity contribution >= 4 is 11.6 Å². The van der Waals surface area contributed by atoms with Crippen molar-refractivity contribution in [2.75, 3.05) is 12.7 Å². The molecule has 0 aromatic rings. The Morgan fingerprint density at radius 3 is 2.46 bits per heavy atom. The lowest BCUT2D eigenvalue weighted by atomic mass is 9.76. The topological polar surface area (TPSA) is 9.23 Å². The molecule has 0 aromatic carbocycles. The Bertz CT molecular complexity index is 202. The van der Waals surface area contributed by atoms with Gasteiger partial charge in [0.25, 0.3) is 0 Å². The van der Waals surface area contributed by atoms with E-state index in [4.69, 9.17) is 16.3 Å². The molecule has 0 aromatic heterocycles. The minimum atomic E-state index is 0.379. The quantitative estimate of drug-likeness (QED) is 0.637. The SMILES string of the molecule is ClCOCC12CC3CC(CC1C3)C2. The van der Waals surface area contributed by atoms with Gasteiger partial charge in [-0.3, -0.25) is 0 Å². The summed E-state index contributed by atoms with van der Waals surface area (Å²) >= 11 is 5.59. The smallest absolute Gasteiger partial charge is 0.120 e. The Kier molecular flexibility index (Phi) is 1.89. The van der Waals surface area contributed by atoms with Gasteiger partial charge in [0.2, 0.25) is 0 Å². The van der Waals surface area contributed by atoms with Gasteiger partial charge in [-0.2, -0.15) is 0 Å². The third kappa shape index (κ3) is 1.16. The van der Waals surface area contributed by atoms with Crippen LogP contribution in [0.2, 0.25) is 0 Å². The van der Waals surface area contributed by atoms with Crippen molar-refractivity contribution in [2.24, 2.45) is 23.2 Å². The van der Waals surface area contributed by atoms with Crippen molar-refractivity contribution in [2.45, 2.75) is 32.1 Å². The standard InChI is InChI=1S/C11H17ClO/c12-7-13-6-11-4-8-1-9(5-11)3-10(11)2-8/h8-10H,1-7H2. The molecule has 13 heavy (non-hydrogen) atoms. The van der Waals surface area contributed by atoms with Crippen LogP contribution in [0.4, 0.5) is 0 Å². The molecule has 4 saturated carbocycles. The third-order valence-electron chi connectivity index (χ3n) is 4.63. The maximum atomic E-state index is 5.59. The van der Waals surface area contributed by atoms with Crippen molar-refractivity contribution < 1.29 is 4.74 Å². The predicted molar refractivity (Wildman–Crippen MR) is 52.7 cm³/mol. The number of rotatable bonds is 3. The molecule has 0 saturated heterocycles. The number of hydrogen-bond acceptors (Lipinski definition) is 1. The van der Waals surface area contributed by atoms with Gasteiger partial charge in [0.05, 0.1) is 6.61 Å². The summed E-state index contributed by atoms with van der Waals surface area (Å²) in [5.41, 5.74) is 0.572. The van der Waals surface area contributed by atoms with E-state index in [0.29, 0.717) is 11.5 Å². The number of hydrogen-bond donors (Lipinski definition) is 0. The molecule has 2 heteroatoms. The van der Waals surface area contributed by atoms with Crippen LogP contribution < -0.4 is 0 Å². The van der Waals surface area contributed by atoms with Crippen LogP contribution in [0, 0.1) is 23.2 Å². The van der Waals surface area contributed by atoms with E-state index in [1.165, 1.54) is 32.1 Å². The van der Waals surface area contributed by atoms with Crippen LogP contribution >= 0.6 is 11.6 Å². The van der Waals surface area contributed by atoms with Crippen LogP contribution in [0.1, 0.15) is 32.1 Å². The molecule has 4 bridgehead atoms. The molecule has 4 fully saturated rings. The van der Waals surface area contributed by atoms with E-state index < -0.39 is 0 Å². The van der Waals surface area contributed by atoms with Gasteiger partial charge in [-0.1, -0.05) is 11.6 Å². The number of halogens is 1. The predicted octanol–water partition coefficient (Wildman–Crippen LogP) is 3.03. The molecule has 0 radical (unpaired) electrons. The summed E-state index contributed by atoms with van der Waals surface area (Å²) in [6.45, 7) is 0.939. The van der Waals surface area contributed by atoms with E-state index in [1.54, 1.807) is 0 Å². The maximum Gasteiger partial charge on any atom is 0.120 e. The van der Waals surface area contributed by atoms with Crippen LogP contribution in [0.5, 0.6) is 0 Å². The molecule has 0 N–H and O–H groups in total. The zero-order chi connectivity index (χ0) is 8.89. The lowest BCUT2D eigenvalue weighted by Crippen LogP contribution is -2.28. The molecule has 74 valence electrons. The fourth-order valence-electron chi connectivity index (χ4n) is 4.44. The Balaban J connectivity index is 1.77. The van der Waals surface area contributed by atoms with E-state index in [0.717, 1.165) is 24.4 Å². The zero-order valence-corrected chi connectivity index (χ0v) is 8.72.